The van der Waals surface area contributed by atoms with Crippen LogP contribution in [0.4, 0.5) is 0 Å². The summed E-state index contributed by atoms with van der Waals surface area (Å²) in [6, 6.07) is 8.14. The first-order valence-electron chi connectivity index (χ1n) is 8.53. The molecule has 4 rings (SSSR count). The van der Waals surface area contributed by atoms with Gasteiger partial charge in [-0.2, -0.15) is 5.10 Å². The van der Waals surface area contributed by atoms with Gasteiger partial charge in [-0.3, -0.25) is 9.48 Å². The fraction of sp³-hybridized carbons (Fsp3) is 0.263. The number of hydrogen-bond donors (Lipinski definition) is 2. The normalized spacial score (nSPS) is 12.8. The number of benzene rings is 1. The summed E-state index contributed by atoms with van der Waals surface area (Å²) in [4.78, 5) is 21.3. The highest BCUT2D eigenvalue weighted by Gasteiger charge is 2.15. The Hall–Kier alpha value is -3.06. The minimum atomic E-state index is -0.208. The van der Waals surface area contributed by atoms with Crippen molar-refractivity contribution in [3.63, 3.8) is 0 Å². The average molecular weight is 348 g/mol. The predicted molar refractivity (Wildman–Crippen MR) is 97.1 cm³/mol. The number of aryl methyl sites for hydroxylation is 2. The highest BCUT2D eigenvalue weighted by molar-refractivity contribution is 5.93. The molecule has 2 N–H and O–H groups in total. The quantitative estimate of drug-likeness (QED) is 0.750. The van der Waals surface area contributed by atoms with E-state index in [0.29, 0.717) is 23.8 Å². The predicted octanol–water partition coefficient (Wildman–Crippen LogP) is 1.72. The Balaban J connectivity index is 1.51. The molecule has 1 amide bonds. The van der Waals surface area contributed by atoms with Crippen molar-refractivity contribution in [3.8, 4) is 11.5 Å². The van der Waals surface area contributed by atoms with Crippen LogP contribution in [-0.4, -0.2) is 25.7 Å². The van der Waals surface area contributed by atoms with Gasteiger partial charge in [-0.05, 0) is 35.2 Å². The van der Waals surface area contributed by atoms with Crippen molar-refractivity contribution in [2.24, 2.45) is 7.05 Å². The van der Waals surface area contributed by atoms with Crippen LogP contribution in [0.25, 0.3) is 11.5 Å². The summed E-state index contributed by atoms with van der Waals surface area (Å²) >= 11 is 0. The average Bonchev–Trinajstić information content (AvgIpc) is 3.28. The molecule has 0 atom stereocenters. The molecule has 0 fully saturated rings. The molecule has 3 aromatic rings. The highest BCUT2D eigenvalue weighted by atomic mass is 16.1. The van der Waals surface area contributed by atoms with Gasteiger partial charge in [0.2, 0.25) is 0 Å². The molecule has 1 aromatic carbocycles. The Labute approximate surface area is 151 Å². The molecule has 0 saturated heterocycles. The lowest BCUT2D eigenvalue weighted by atomic mass is 10.1. The van der Waals surface area contributed by atoms with Crippen LogP contribution in [0.1, 0.15) is 32.7 Å². The number of carbonyl (C=O) groups is 1. The molecule has 7 nitrogen and oxygen atoms in total. The molecule has 0 aliphatic carbocycles. The van der Waals surface area contributed by atoms with Gasteiger partial charge >= 0.3 is 0 Å². The first-order valence-corrected chi connectivity index (χ1v) is 8.53. The molecule has 7 heteroatoms. The largest absolute Gasteiger partial charge is 0.347 e. The van der Waals surface area contributed by atoms with Crippen LogP contribution in [-0.2, 0) is 26.7 Å². The van der Waals surface area contributed by atoms with E-state index in [2.05, 4.69) is 43.9 Å². The zero-order valence-corrected chi connectivity index (χ0v) is 14.8. The van der Waals surface area contributed by atoms with Gasteiger partial charge in [-0.15, -0.1) is 0 Å². The van der Waals surface area contributed by atoms with Gasteiger partial charge in [0.1, 0.15) is 11.4 Å². The summed E-state index contributed by atoms with van der Waals surface area (Å²) in [6.45, 7) is 4.10. The van der Waals surface area contributed by atoms with Gasteiger partial charge in [0.05, 0.1) is 0 Å². The second kappa shape index (κ2) is 6.68. The molecule has 1 aliphatic heterocycles. The molecule has 0 unspecified atom stereocenters. The maximum atomic E-state index is 12.6. The van der Waals surface area contributed by atoms with E-state index in [1.165, 1.54) is 11.1 Å². The summed E-state index contributed by atoms with van der Waals surface area (Å²) in [7, 11) is 1.83. The molecule has 3 heterocycles. The van der Waals surface area contributed by atoms with Crippen LogP contribution in [0.2, 0.25) is 0 Å². The SMILES string of the molecule is Cc1cnc(-c2ccn(C)n2)nc1C(=O)NCc1ccc2c(c1)CNC2. The van der Waals surface area contributed by atoms with Gasteiger partial charge < -0.3 is 10.6 Å². The van der Waals surface area contributed by atoms with Crippen molar-refractivity contribution in [2.45, 2.75) is 26.6 Å². The first kappa shape index (κ1) is 16.4. The highest BCUT2D eigenvalue weighted by Crippen LogP contribution is 2.17. The van der Waals surface area contributed by atoms with E-state index in [0.717, 1.165) is 24.2 Å². The van der Waals surface area contributed by atoms with Gasteiger partial charge in [-0.1, -0.05) is 18.2 Å². The fourth-order valence-electron chi connectivity index (χ4n) is 3.05. The van der Waals surface area contributed by atoms with Crippen LogP contribution in [0.15, 0.2) is 36.7 Å². The number of amides is 1. The first-order chi connectivity index (χ1) is 12.6. The van der Waals surface area contributed by atoms with Crippen molar-refractivity contribution in [1.29, 1.82) is 0 Å². The number of nitrogens with one attached hydrogen (secondary N) is 2. The molecule has 0 saturated carbocycles. The lowest BCUT2D eigenvalue weighted by Gasteiger charge is -2.09. The summed E-state index contributed by atoms with van der Waals surface area (Å²) in [6.07, 6.45) is 3.48. The number of rotatable bonds is 4. The number of nitrogens with zero attached hydrogens (tertiary/aromatic N) is 4. The van der Waals surface area contributed by atoms with Crippen LogP contribution < -0.4 is 10.6 Å². The van der Waals surface area contributed by atoms with Crippen LogP contribution in [0.3, 0.4) is 0 Å². The van der Waals surface area contributed by atoms with E-state index in [9.17, 15) is 4.79 Å². The molecule has 26 heavy (non-hydrogen) atoms. The number of fused-ring (bicyclic) bond motifs is 1. The van der Waals surface area contributed by atoms with Crippen molar-refractivity contribution < 1.29 is 4.79 Å². The zero-order chi connectivity index (χ0) is 18.1. The lowest BCUT2D eigenvalue weighted by Crippen LogP contribution is -2.25. The van der Waals surface area contributed by atoms with Gasteiger partial charge in [-0.25, -0.2) is 9.97 Å². The monoisotopic (exact) mass is 348 g/mol. The zero-order valence-electron chi connectivity index (χ0n) is 14.8. The van der Waals surface area contributed by atoms with Crippen molar-refractivity contribution in [3.05, 3.63) is 64.6 Å². The molecule has 2 aromatic heterocycles. The molecule has 0 spiro atoms. The summed E-state index contributed by atoms with van der Waals surface area (Å²) in [5.41, 5.74) is 5.47. The van der Waals surface area contributed by atoms with E-state index in [-0.39, 0.29) is 5.91 Å². The van der Waals surface area contributed by atoms with Gasteiger partial charge in [0.25, 0.3) is 5.91 Å². The Morgan fingerprint density at radius 1 is 1.27 bits per heavy atom. The van der Waals surface area contributed by atoms with Gasteiger partial charge in [0, 0.05) is 39.1 Å². The number of carbonyl (C=O) groups excluding carboxylic acids is 1. The number of hydrogen-bond acceptors (Lipinski definition) is 5. The summed E-state index contributed by atoms with van der Waals surface area (Å²) < 4.78 is 1.68. The van der Waals surface area contributed by atoms with Crippen LogP contribution in [0.5, 0.6) is 0 Å². The summed E-state index contributed by atoms with van der Waals surface area (Å²) in [5, 5.41) is 10.6. The Bertz CT molecular complexity index is 978. The second-order valence-electron chi connectivity index (χ2n) is 6.49. The molecular formula is C19H20N6O. The number of aromatic nitrogens is 4. The Morgan fingerprint density at radius 3 is 2.92 bits per heavy atom. The maximum Gasteiger partial charge on any atom is 0.270 e. The molecule has 0 bridgehead atoms. The lowest BCUT2D eigenvalue weighted by molar-refractivity contribution is 0.0945. The third-order valence-corrected chi connectivity index (χ3v) is 4.48. The smallest absolute Gasteiger partial charge is 0.270 e. The van der Waals surface area contributed by atoms with Crippen LogP contribution >= 0.6 is 0 Å². The Kier molecular flexibility index (Phi) is 4.22. The summed E-state index contributed by atoms with van der Waals surface area (Å²) in [5.74, 6) is 0.241. The van der Waals surface area contributed by atoms with E-state index in [1.54, 1.807) is 10.9 Å². The third-order valence-electron chi connectivity index (χ3n) is 4.48. The minimum absolute atomic E-state index is 0.208. The molecule has 132 valence electrons. The van der Waals surface area contributed by atoms with Gasteiger partial charge in [0.15, 0.2) is 5.82 Å². The second-order valence-corrected chi connectivity index (χ2v) is 6.49. The van der Waals surface area contributed by atoms with E-state index in [1.807, 2.05) is 26.2 Å². The van der Waals surface area contributed by atoms with Crippen molar-refractivity contribution in [2.75, 3.05) is 0 Å². The minimum Gasteiger partial charge on any atom is -0.347 e. The standard InChI is InChI=1S/C19H20N6O/c1-12-8-21-18(16-5-6-25(2)24-16)23-17(12)19(26)22-9-13-3-4-14-10-20-11-15(14)7-13/h3-8,20H,9-11H2,1-2H3,(H,22,26). The third kappa shape index (κ3) is 3.21. The maximum absolute atomic E-state index is 12.6. The topological polar surface area (TPSA) is 84.7 Å². The molecule has 1 aliphatic rings. The van der Waals surface area contributed by atoms with Crippen molar-refractivity contribution >= 4 is 5.91 Å². The fourth-order valence-corrected chi connectivity index (χ4v) is 3.05. The molecule has 0 radical (unpaired) electrons. The van der Waals surface area contributed by atoms with E-state index >= 15 is 0 Å². The Morgan fingerprint density at radius 2 is 2.12 bits per heavy atom. The van der Waals surface area contributed by atoms with E-state index < -0.39 is 0 Å². The van der Waals surface area contributed by atoms with Crippen LogP contribution in [0, 0.1) is 6.92 Å². The van der Waals surface area contributed by atoms with E-state index in [4.69, 9.17) is 0 Å². The van der Waals surface area contributed by atoms with Crippen molar-refractivity contribution in [1.82, 2.24) is 30.4 Å². The molecular weight excluding hydrogens is 328 g/mol.